The van der Waals surface area contributed by atoms with Crippen molar-refractivity contribution in [1.82, 2.24) is 4.98 Å². The minimum atomic E-state index is -0.919. The molecule has 0 fully saturated rings. The zero-order valence-electron chi connectivity index (χ0n) is 7.89. The lowest BCUT2D eigenvalue weighted by atomic mass is 10.4. The van der Waals surface area contributed by atoms with E-state index in [1.807, 2.05) is 0 Å². The lowest BCUT2D eigenvalue weighted by Gasteiger charge is -2.07. The van der Waals surface area contributed by atoms with Gasteiger partial charge in [0.15, 0.2) is 0 Å². The average Bonchev–Trinajstić information content (AvgIpc) is 2.11. The summed E-state index contributed by atoms with van der Waals surface area (Å²) >= 11 is 1.03. The highest BCUT2D eigenvalue weighted by Crippen LogP contribution is 2.29. The van der Waals surface area contributed by atoms with Crippen molar-refractivity contribution in [3.8, 4) is 5.75 Å². The molecule has 0 radical (unpaired) electrons. The Morgan fingerprint density at radius 2 is 2.21 bits per heavy atom. The van der Waals surface area contributed by atoms with Gasteiger partial charge in [0.2, 0.25) is 0 Å². The van der Waals surface area contributed by atoms with E-state index in [4.69, 9.17) is 5.11 Å². The molecule has 0 aromatic carbocycles. The van der Waals surface area contributed by atoms with Crippen LogP contribution < -0.4 is 0 Å². The second kappa shape index (κ2) is 4.32. The number of aromatic nitrogens is 1. The van der Waals surface area contributed by atoms with Crippen molar-refractivity contribution in [2.75, 3.05) is 0 Å². The minimum absolute atomic E-state index is 0.0219. The molecule has 0 amide bonds. The Labute approximate surface area is 86.0 Å². The first-order chi connectivity index (χ1) is 6.50. The number of aliphatic carboxylic acids is 1. The largest absolute Gasteiger partial charge is 0.505 e. The maximum atomic E-state index is 10.6. The molecule has 1 atom stereocenters. The zero-order chi connectivity index (χ0) is 10.7. The van der Waals surface area contributed by atoms with E-state index in [-0.39, 0.29) is 5.75 Å². The number of hydrogen-bond donors (Lipinski definition) is 2. The Hall–Kier alpha value is -1.23. The molecule has 76 valence electrons. The van der Waals surface area contributed by atoms with Gasteiger partial charge in [0, 0.05) is 5.69 Å². The van der Waals surface area contributed by atoms with Crippen LogP contribution in [0.4, 0.5) is 0 Å². The second-order valence-corrected chi connectivity index (χ2v) is 4.20. The molecule has 0 spiro atoms. The number of aryl methyl sites for hydroxylation is 1. The highest BCUT2D eigenvalue weighted by molar-refractivity contribution is 8.00. The molecule has 5 heteroatoms. The van der Waals surface area contributed by atoms with Gasteiger partial charge in [-0.25, -0.2) is 4.98 Å². The number of rotatable bonds is 3. The first-order valence-corrected chi connectivity index (χ1v) is 4.94. The fourth-order valence-corrected chi connectivity index (χ4v) is 1.65. The van der Waals surface area contributed by atoms with Crippen molar-refractivity contribution in [3.63, 3.8) is 0 Å². The summed E-state index contributed by atoms with van der Waals surface area (Å²) in [7, 11) is 0. The number of hydrogen-bond acceptors (Lipinski definition) is 4. The van der Waals surface area contributed by atoms with Crippen molar-refractivity contribution in [1.29, 1.82) is 0 Å². The summed E-state index contributed by atoms with van der Waals surface area (Å²) in [5, 5.41) is 17.8. The molecule has 0 saturated carbocycles. The summed E-state index contributed by atoms with van der Waals surface area (Å²) in [6, 6.07) is 3.18. The molecule has 1 aromatic rings. The highest BCUT2D eigenvalue weighted by atomic mass is 32.2. The van der Waals surface area contributed by atoms with Crippen LogP contribution >= 0.6 is 11.8 Å². The molecule has 1 heterocycles. The lowest BCUT2D eigenvalue weighted by Crippen LogP contribution is -2.11. The first-order valence-electron chi connectivity index (χ1n) is 4.07. The number of carboxylic acids is 1. The molecular weight excluding hydrogens is 202 g/mol. The van der Waals surface area contributed by atoms with Gasteiger partial charge in [-0.3, -0.25) is 4.79 Å². The van der Waals surface area contributed by atoms with Crippen molar-refractivity contribution in [2.24, 2.45) is 0 Å². The topological polar surface area (TPSA) is 70.4 Å². The fraction of sp³-hybridized carbons (Fsp3) is 0.333. The van der Waals surface area contributed by atoms with Gasteiger partial charge >= 0.3 is 5.97 Å². The van der Waals surface area contributed by atoms with Crippen molar-refractivity contribution in [3.05, 3.63) is 17.8 Å². The van der Waals surface area contributed by atoms with Gasteiger partial charge in [0.05, 0.1) is 0 Å². The van der Waals surface area contributed by atoms with Crippen LogP contribution in [-0.2, 0) is 4.79 Å². The zero-order valence-corrected chi connectivity index (χ0v) is 8.71. The SMILES string of the molecule is Cc1ccc(O)c(SC(C)C(=O)O)n1. The number of carbonyl (C=O) groups is 1. The van der Waals surface area contributed by atoms with Crippen LogP contribution in [0, 0.1) is 6.92 Å². The van der Waals surface area contributed by atoms with Crippen LogP contribution in [0.2, 0.25) is 0 Å². The summed E-state index contributed by atoms with van der Waals surface area (Å²) in [5.74, 6) is -0.897. The van der Waals surface area contributed by atoms with E-state index in [1.54, 1.807) is 19.9 Å². The van der Waals surface area contributed by atoms with Gasteiger partial charge in [-0.2, -0.15) is 0 Å². The number of nitrogens with zero attached hydrogens (tertiary/aromatic N) is 1. The third-order valence-corrected chi connectivity index (χ3v) is 2.69. The van der Waals surface area contributed by atoms with Gasteiger partial charge in [-0.15, -0.1) is 0 Å². The monoisotopic (exact) mass is 213 g/mol. The maximum absolute atomic E-state index is 10.6. The molecule has 4 nitrogen and oxygen atoms in total. The Morgan fingerprint density at radius 3 is 2.79 bits per heavy atom. The first kappa shape index (κ1) is 10.8. The molecule has 0 bridgehead atoms. The third-order valence-electron chi connectivity index (χ3n) is 1.62. The van der Waals surface area contributed by atoms with E-state index >= 15 is 0 Å². The number of pyridine rings is 1. The number of carboxylic acid groups (broad SMARTS) is 1. The predicted molar refractivity (Wildman–Crippen MR) is 53.6 cm³/mol. The van der Waals surface area contributed by atoms with E-state index < -0.39 is 11.2 Å². The van der Waals surface area contributed by atoms with Gasteiger partial charge in [-0.05, 0) is 26.0 Å². The summed E-state index contributed by atoms with van der Waals surface area (Å²) in [4.78, 5) is 14.6. The molecule has 0 aliphatic rings. The van der Waals surface area contributed by atoms with Gasteiger partial charge in [-0.1, -0.05) is 11.8 Å². The summed E-state index contributed by atoms with van der Waals surface area (Å²) in [6.45, 7) is 3.34. The normalized spacial score (nSPS) is 12.4. The Bertz CT molecular complexity index is 354. The van der Waals surface area contributed by atoms with Crippen LogP contribution in [0.25, 0.3) is 0 Å². The lowest BCUT2D eigenvalue weighted by molar-refractivity contribution is -0.136. The maximum Gasteiger partial charge on any atom is 0.316 e. The standard InChI is InChI=1S/C9H11NO3S/c1-5-3-4-7(11)8(10-5)14-6(2)9(12)13/h3-4,6,11H,1-2H3,(H,12,13). The molecule has 14 heavy (non-hydrogen) atoms. The molecule has 1 unspecified atom stereocenters. The summed E-state index contributed by atoms with van der Waals surface area (Å²) in [5.41, 5.74) is 0.753. The minimum Gasteiger partial charge on any atom is -0.505 e. The Morgan fingerprint density at radius 1 is 1.57 bits per heavy atom. The van der Waals surface area contributed by atoms with E-state index in [1.165, 1.54) is 6.07 Å². The van der Waals surface area contributed by atoms with Crippen LogP contribution in [0.1, 0.15) is 12.6 Å². The Kier molecular flexibility index (Phi) is 3.35. The molecule has 1 rings (SSSR count). The van der Waals surface area contributed by atoms with E-state index in [0.29, 0.717) is 5.03 Å². The molecular formula is C9H11NO3S. The highest BCUT2D eigenvalue weighted by Gasteiger charge is 2.15. The Balaban J connectivity index is 2.85. The number of aromatic hydroxyl groups is 1. The smallest absolute Gasteiger partial charge is 0.316 e. The molecule has 2 N–H and O–H groups in total. The fourth-order valence-electron chi connectivity index (χ4n) is 0.830. The van der Waals surface area contributed by atoms with Crippen molar-refractivity contribution in [2.45, 2.75) is 24.1 Å². The van der Waals surface area contributed by atoms with Crippen LogP contribution in [-0.4, -0.2) is 26.4 Å². The van der Waals surface area contributed by atoms with Crippen LogP contribution in [0.15, 0.2) is 17.2 Å². The van der Waals surface area contributed by atoms with Gasteiger partial charge in [0.1, 0.15) is 16.0 Å². The van der Waals surface area contributed by atoms with E-state index in [0.717, 1.165) is 17.5 Å². The third kappa shape index (κ3) is 2.63. The van der Waals surface area contributed by atoms with Gasteiger partial charge in [0.25, 0.3) is 0 Å². The van der Waals surface area contributed by atoms with E-state index in [2.05, 4.69) is 4.98 Å². The summed E-state index contributed by atoms with van der Waals surface area (Å²) < 4.78 is 0. The predicted octanol–water partition coefficient (Wildman–Crippen LogP) is 1.66. The summed E-state index contributed by atoms with van der Waals surface area (Å²) in [6.07, 6.45) is 0. The van der Waals surface area contributed by atoms with E-state index in [9.17, 15) is 9.90 Å². The van der Waals surface area contributed by atoms with Crippen LogP contribution in [0.3, 0.4) is 0 Å². The quantitative estimate of drug-likeness (QED) is 0.747. The molecule has 0 aliphatic carbocycles. The van der Waals surface area contributed by atoms with Gasteiger partial charge < -0.3 is 10.2 Å². The number of thioether (sulfide) groups is 1. The van der Waals surface area contributed by atoms with Crippen LogP contribution in [0.5, 0.6) is 5.75 Å². The average molecular weight is 213 g/mol. The van der Waals surface area contributed by atoms with Crippen molar-refractivity contribution < 1.29 is 15.0 Å². The molecule has 1 aromatic heterocycles. The molecule has 0 aliphatic heterocycles. The second-order valence-electron chi connectivity index (χ2n) is 2.88. The molecule has 0 saturated heterocycles. The van der Waals surface area contributed by atoms with Crippen molar-refractivity contribution >= 4 is 17.7 Å².